The van der Waals surface area contributed by atoms with Gasteiger partial charge in [-0.05, 0) is 26.0 Å². The minimum Gasteiger partial charge on any atom is -0.461 e. The number of carbonyl (C=O) groups is 2. The molecule has 11 heteroatoms. The molecular weight excluding hydrogens is 464 g/mol. The first kappa shape index (κ1) is 25.3. The quantitative estimate of drug-likeness (QED) is 0.311. The smallest absolute Gasteiger partial charge is 0.339 e. The maximum Gasteiger partial charge on any atom is 0.339 e. The Morgan fingerprint density at radius 2 is 1.65 bits per heavy atom. The van der Waals surface area contributed by atoms with Crippen molar-refractivity contribution in [3.8, 4) is 0 Å². The molecule has 1 saturated heterocycles. The van der Waals surface area contributed by atoms with Gasteiger partial charge in [-0.25, -0.2) is 18.0 Å². The molecule has 1 aliphatic heterocycles. The Morgan fingerprint density at radius 1 is 1.03 bits per heavy atom. The number of hydrogen-bond donors (Lipinski definition) is 0. The maximum atomic E-state index is 12.9. The monoisotopic (exact) mass is 490 g/mol. The molecule has 0 N–H and O–H groups in total. The minimum atomic E-state index is -2.99. The SMILES string of the molecule is CC(C)(OC(=O)c1ccccc1C(=O)OCCN1CCS(=O)(=O)CC1)c1cccc([N+](=O)[O-])c1. The fourth-order valence-corrected chi connectivity index (χ4v) is 4.77. The molecule has 0 spiro atoms. The number of hydrogen-bond acceptors (Lipinski definition) is 9. The lowest BCUT2D eigenvalue weighted by Crippen LogP contribution is -2.41. The van der Waals surface area contributed by atoms with Crippen molar-refractivity contribution >= 4 is 27.5 Å². The van der Waals surface area contributed by atoms with Gasteiger partial charge in [-0.1, -0.05) is 24.3 Å². The number of sulfone groups is 1. The standard InChI is InChI=1S/C23H26N2O8S/c1-23(2,17-6-5-7-18(16-17)25(28)29)33-22(27)20-9-4-3-8-19(20)21(26)32-13-10-24-11-14-34(30,31)15-12-24/h3-9,16H,10-15H2,1-2H3. The van der Waals surface area contributed by atoms with Gasteiger partial charge in [0.25, 0.3) is 5.69 Å². The zero-order valence-corrected chi connectivity index (χ0v) is 19.7. The van der Waals surface area contributed by atoms with Crippen LogP contribution in [0.3, 0.4) is 0 Å². The largest absolute Gasteiger partial charge is 0.461 e. The van der Waals surface area contributed by atoms with Gasteiger partial charge < -0.3 is 9.47 Å². The zero-order chi connectivity index (χ0) is 24.9. The maximum absolute atomic E-state index is 12.9. The highest BCUT2D eigenvalue weighted by molar-refractivity contribution is 7.91. The third-order valence-corrected chi connectivity index (χ3v) is 7.15. The molecule has 0 unspecified atom stereocenters. The van der Waals surface area contributed by atoms with Crippen LogP contribution in [0, 0.1) is 10.1 Å². The van der Waals surface area contributed by atoms with E-state index >= 15 is 0 Å². The molecule has 3 rings (SSSR count). The lowest BCUT2D eigenvalue weighted by Gasteiger charge is -2.26. The molecule has 0 bridgehead atoms. The van der Waals surface area contributed by atoms with Crippen LogP contribution in [0.25, 0.3) is 0 Å². The van der Waals surface area contributed by atoms with Crippen LogP contribution < -0.4 is 0 Å². The highest BCUT2D eigenvalue weighted by Crippen LogP contribution is 2.29. The van der Waals surface area contributed by atoms with Crippen LogP contribution in [0.1, 0.15) is 40.1 Å². The highest BCUT2D eigenvalue weighted by atomic mass is 32.2. The van der Waals surface area contributed by atoms with E-state index in [0.29, 0.717) is 25.2 Å². The summed E-state index contributed by atoms with van der Waals surface area (Å²) < 4.78 is 34.0. The third kappa shape index (κ3) is 6.39. The van der Waals surface area contributed by atoms with Gasteiger partial charge in [-0.2, -0.15) is 0 Å². The lowest BCUT2D eigenvalue weighted by atomic mass is 9.97. The number of benzene rings is 2. The van der Waals surface area contributed by atoms with E-state index in [0.717, 1.165) is 0 Å². The van der Waals surface area contributed by atoms with Crippen molar-refractivity contribution in [2.75, 3.05) is 37.7 Å². The number of nitro benzene ring substituents is 1. The molecule has 10 nitrogen and oxygen atoms in total. The van der Waals surface area contributed by atoms with E-state index < -0.39 is 32.3 Å². The van der Waals surface area contributed by atoms with E-state index in [4.69, 9.17) is 9.47 Å². The topological polar surface area (TPSA) is 133 Å². The van der Waals surface area contributed by atoms with Crippen molar-refractivity contribution < 1.29 is 32.4 Å². The number of nitrogens with zero attached hydrogens (tertiary/aromatic N) is 2. The normalized spacial score (nSPS) is 15.9. The summed E-state index contributed by atoms with van der Waals surface area (Å²) >= 11 is 0. The molecule has 1 fully saturated rings. The number of non-ortho nitro benzene ring substituents is 1. The molecule has 1 heterocycles. The first-order valence-corrected chi connectivity index (χ1v) is 12.5. The van der Waals surface area contributed by atoms with E-state index in [2.05, 4.69) is 0 Å². The average molecular weight is 491 g/mol. The molecule has 2 aromatic carbocycles. The molecule has 0 amide bonds. The molecule has 182 valence electrons. The number of nitro groups is 1. The Balaban J connectivity index is 1.65. The zero-order valence-electron chi connectivity index (χ0n) is 18.9. The highest BCUT2D eigenvalue weighted by Gasteiger charge is 2.30. The van der Waals surface area contributed by atoms with Crippen molar-refractivity contribution in [3.05, 3.63) is 75.3 Å². The Hall–Kier alpha value is -3.31. The Labute approximate surface area is 197 Å². The van der Waals surface area contributed by atoms with Gasteiger partial charge in [-0.15, -0.1) is 0 Å². The van der Waals surface area contributed by atoms with Gasteiger partial charge >= 0.3 is 11.9 Å². The second kappa shape index (κ2) is 10.3. The van der Waals surface area contributed by atoms with Gasteiger partial charge in [0.1, 0.15) is 12.2 Å². The van der Waals surface area contributed by atoms with Crippen molar-refractivity contribution in [2.45, 2.75) is 19.4 Å². The number of rotatable bonds is 8. The molecular formula is C23H26N2O8S. The summed E-state index contributed by atoms with van der Waals surface area (Å²) in [6.07, 6.45) is 0. The van der Waals surface area contributed by atoms with E-state index in [9.17, 15) is 28.1 Å². The van der Waals surface area contributed by atoms with Crippen LogP contribution in [-0.4, -0.2) is 67.9 Å². The van der Waals surface area contributed by atoms with Gasteiger partial charge in [0.2, 0.25) is 0 Å². The van der Waals surface area contributed by atoms with Gasteiger partial charge in [0.15, 0.2) is 9.84 Å². The summed E-state index contributed by atoms with van der Waals surface area (Å²) in [6.45, 7) is 4.40. The first-order chi connectivity index (χ1) is 16.0. The summed E-state index contributed by atoms with van der Waals surface area (Å²) in [5.74, 6) is -1.32. The van der Waals surface area contributed by atoms with Crippen LogP contribution in [0.2, 0.25) is 0 Å². The third-order valence-electron chi connectivity index (χ3n) is 5.54. The molecule has 0 aromatic heterocycles. The van der Waals surface area contributed by atoms with Gasteiger partial charge in [-0.3, -0.25) is 15.0 Å². The van der Waals surface area contributed by atoms with Gasteiger partial charge in [0, 0.05) is 37.3 Å². The second-order valence-corrected chi connectivity index (χ2v) is 10.7. The summed E-state index contributed by atoms with van der Waals surface area (Å²) in [5, 5.41) is 11.1. The predicted octanol–water partition coefficient (Wildman–Crippen LogP) is 2.57. The fraction of sp³-hybridized carbons (Fsp3) is 0.391. The summed E-state index contributed by atoms with van der Waals surface area (Å²) in [5.41, 5.74) is -0.858. The van der Waals surface area contributed by atoms with E-state index in [1.165, 1.54) is 30.3 Å². The van der Waals surface area contributed by atoms with E-state index in [1.807, 2.05) is 4.90 Å². The molecule has 0 aliphatic carbocycles. The number of ether oxygens (including phenoxy) is 2. The Morgan fingerprint density at radius 3 is 2.26 bits per heavy atom. The Kier molecular flexibility index (Phi) is 7.68. The van der Waals surface area contributed by atoms with Crippen LogP contribution in [0.4, 0.5) is 5.69 Å². The van der Waals surface area contributed by atoms with Crippen molar-refractivity contribution in [1.29, 1.82) is 0 Å². The summed E-state index contributed by atoms with van der Waals surface area (Å²) in [4.78, 5) is 38.0. The molecule has 34 heavy (non-hydrogen) atoms. The number of carbonyl (C=O) groups excluding carboxylic acids is 2. The minimum absolute atomic E-state index is 0.00933. The fourth-order valence-electron chi connectivity index (χ4n) is 3.50. The summed E-state index contributed by atoms with van der Waals surface area (Å²) in [6, 6.07) is 11.9. The van der Waals surface area contributed by atoms with E-state index in [1.54, 1.807) is 32.0 Å². The van der Waals surface area contributed by atoms with E-state index in [-0.39, 0.29) is 34.9 Å². The van der Waals surface area contributed by atoms with Crippen LogP contribution in [-0.2, 0) is 24.9 Å². The summed E-state index contributed by atoms with van der Waals surface area (Å²) in [7, 11) is -2.99. The van der Waals surface area contributed by atoms with Crippen LogP contribution >= 0.6 is 0 Å². The number of esters is 2. The second-order valence-electron chi connectivity index (χ2n) is 8.38. The molecule has 0 radical (unpaired) electrons. The Bertz CT molecular complexity index is 1180. The van der Waals surface area contributed by atoms with Crippen LogP contribution in [0.15, 0.2) is 48.5 Å². The lowest BCUT2D eigenvalue weighted by molar-refractivity contribution is -0.385. The van der Waals surface area contributed by atoms with Gasteiger partial charge in [0.05, 0.1) is 27.6 Å². The van der Waals surface area contributed by atoms with Crippen molar-refractivity contribution in [3.63, 3.8) is 0 Å². The van der Waals surface area contributed by atoms with Crippen molar-refractivity contribution in [2.24, 2.45) is 0 Å². The molecule has 0 atom stereocenters. The average Bonchev–Trinajstić information content (AvgIpc) is 2.80. The molecule has 0 saturated carbocycles. The van der Waals surface area contributed by atoms with Crippen molar-refractivity contribution in [1.82, 2.24) is 4.90 Å². The first-order valence-electron chi connectivity index (χ1n) is 10.7. The van der Waals surface area contributed by atoms with Crippen LogP contribution in [0.5, 0.6) is 0 Å². The predicted molar refractivity (Wildman–Crippen MR) is 123 cm³/mol. The molecule has 2 aromatic rings. The molecule has 1 aliphatic rings.